The van der Waals surface area contributed by atoms with E-state index >= 15 is 0 Å². The van der Waals surface area contributed by atoms with Gasteiger partial charge in [0.1, 0.15) is 24.0 Å². The number of benzene rings is 2. The predicted octanol–water partition coefficient (Wildman–Crippen LogP) is 4.82. The number of amides is 1. The van der Waals surface area contributed by atoms with Crippen LogP contribution < -0.4 is 14.9 Å². The number of ether oxygens (including phenoxy) is 3. The fourth-order valence-corrected chi connectivity index (χ4v) is 3.50. The highest BCUT2D eigenvalue weighted by Crippen LogP contribution is 2.23. The number of methoxy groups -OCH3 is 1. The molecule has 0 aliphatic carbocycles. The van der Waals surface area contributed by atoms with Gasteiger partial charge in [0.25, 0.3) is 5.91 Å². The highest BCUT2D eigenvalue weighted by atomic mass is 35.5. The minimum absolute atomic E-state index is 0.0734. The fourth-order valence-electron chi connectivity index (χ4n) is 3.03. The largest absolute Gasteiger partial charge is 0.489 e. The van der Waals surface area contributed by atoms with Crippen LogP contribution in [-0.2, 0) is 22.7 Å². The molecule has 180 valence electrons. The van der Waals surface area contributed by atoms with Gasteiger partial charge in [-0.15, -0.1) is 0 Å². The Labute approximate surface area is 213 Å². The van der Waals surface area contributed by atoms with Gasteiger partial charge in [-0.1, -0.05) is 41.4 Å². The number of carbonyl (C=O) groups is 1. The second-order valence-corrected chi connectivity index (χ2v) is 8.17. The molecule has 1 heterocycles. The van der Waals surface area contributed by atoms with Crippen molar-refractivity contribution in [3.05, 3.63) is 86.5 Å². The second-order valence-electron chi connectivity index (χ2n) is 7.33. The van der Waals surface area contributed by atoms with Gasteiger partial charge in [-0.25, -0.2) is 10.4 Å². The quantitative estimate of drug-likeness (QED) is 0.308. The Hall–Kier alpha value is -3.64. The average Bonchev–Trinajstić information content (AvgIpc) is 2.82. The lowest BCUT2D eigenvalue weighted by molar-refractivity contribution is -0.123. The van der Waals surface area contributed by atoms with E-state index in [2.05, 4.69) is 15.5 Å². The number of aryl methyl sites for hydroxylation is 1. The molecular weight excluding hydrogens is 491 g/mol. The summed E-state index contributed by atoms with van der Waals surface area (Å²) in [6.45, 7) is 1.91. The first-order valence-electron chi connectivity index (χ1n) is 10.4. The number of carbonyl (C=O) groups excluding carboxylic acids is 1. The molecule has 0 spiro atoms. The monoisotopic (exact) mass is 512 g/mol. The van der Waals surface area contributed by atoms with Crippen molar-refractivity contribution in [1.29, 1.82) is 5.26 Å². The van der Waals surface area contributed by atoms with Gasteiger partial charge in [0.05, 0.1) is 12.8 Å². The van der Waals surface area contributed by atoms with Gasteiger partial charge in [0, 0.05) is 34.0 Å². The molecule has 0 radical (unpaired) electrons. The standard InChI is InChI=1S/C25H22Cl2N4O4/c1-16-8-19(13-33-2)22(11-28)25(30-16)35-15-24(32)31-29-12-17-4-3-5-21(9-17)34-14-18-6-7-20(26)10-23(18)27/h3-10,12H,13-15H2,1-2H3,(H,31,32)/b29-12-. The number of hydrogen-bond donors (Lipinski definition) is 1. The molecule has 1 amide bonds. The van der Waals surface area contributed by atoms with Crippen LogP contribution in [0.25, 0.3) is 0 Å². The summed E-state index contributed by atoms with van der Waals surface area (Å²) >= 11 is 12.1. The molecule has 1 aromatic heterocycles. The molecule has 0 fully saturated rings. The lowest BCUT2D eigenvalue weighted by Gasteiger charge is -2.10. The van der Waals surface area contributed by atoms with E-state index in [0.717, 1.165) is 5.56 Å². The molecule has 0 aliphatic heterocycles. The van der Waals surface area contributed by atoms with Crippen LogP contribution in [0.1, 0.15) is 27.9 Å². The average molecular weight is 513 g/mol. The normalized spacial score (nSPS) is 10.7. The van der Waals surface area contributed by atoms with Crippen LogP contribution in [0.3, 0.4) is 0 Å². The summed E-state index contributed by atoms with van der Waals surface area (Å²) in [6, 6.07) is 16.2. The van der Waals surface area contributed by atoms with Crippen molar-refractivity contribution in [2.24, 2.45) is 5.10 Å². The SMILES string of the molecule is COCc1cc(C)nc(OCC(=O)N/N=C\c2cccc(OCc3ccc(Cl)cc3Cl)c2)c1C#N. The van der Waals surface area contributed by atoms with E-state index in [1.807, 2.05) is 12.1 Å². The maximum absolute atomic E-state index is 12.2. The Balaban J connectivity index is 1.54. The number of rotatable bonds is 10. The molecule has 0 saturated carbocycles. The minimum atomic E-state index is -0.508. The third-order valence-electron chi connectivity index (χ3n) is 4.62. The topological polar surface area (TPSA) is 106 Å². The molecule has 2 aromatic carbocycles. The van der Waals surface area contributed by atoms with Crippen LogP contribution in [0.5, 0.6) is 11.6 Å². The Morgan fingerprint density at radius 1 is 1.14 bits per heavy atom. The number of nitrogens with one attached hydrogen (secondary N) is 1. The first-order chi connectivity index (χ1) is 16.9. The van der Waals surface area contributed by atoms with E-state index in [-0.39, 0.29) is 31.3 Å². The zero-order valence-corrected chi connectivity index (χ0v) is 20.6. The number of aromatic nitrogens is 1. The Bertz CT molecular complexity index is 1270. The summed E-state index contributed by atoms with van der Waals surface area (Å²) < 4.78 is 16.3. The lowest BCUT2D eigenvalue weighted by atomic mass is 10.1. The van der Waals surface area contributed by atoms with Gasteiger partial charge in [-0.2, -0.15) is 10.4 Å². The van der Waals surface area contributed by atoms with E-state index in [9.17, 15) is 10.1 Å². The maximum Gasteiger partial charge on any atom is 0.278 e. The van der Waals surface area contributed by atoms with E-state index < -0.39 is 5.91 Å². The van der Waals surface area contributed by atoms with Crippen molar-refractivity contribution in [1.82, 2.24) is 10.4 Å². The van der Waals surface area contributed by atoms with E-state index in [1.54, 1.807) is 49.4 Å². The van der Waals surface area contributed by atoms with Gasteiger partial charge in [0.15, 0.2) is 6.61 Å². The molecule has 3 rings (SSSR count). The van der Waals surface area contributed by atoms with Gasteiger partial charge in [-0.05, 0) is 42.8 Å². The van der Waals surface area contributed by atoms with Gasteiger partial charge in [-0.3, -0.25) is 4.79 Å². The molecule has 0 bridgehead atoms. The summed E-state index contributed by atoms with van der Waals surface area (Å²) in [5, 5.41) is 14.5. The fraction of sp³-hybridized carbons (Fsp3) is 0.200. The zero-order valence-electron chi connectivity index (χ0n) is 19.0. The highest BCUT2D eigenvalue weighted by molar-refractivity contribution is 6.35. The van der Waals surface area contributed by atoms with Gasteiger partial charge in [0.2, 0.25) is 5.88 Å². The molecule has 0 aliphatic rings. The number of hydrogen-bond acceptors (Lipinski definition) is 7. The van der Waals surface area contributed by atoms with E-state index in [4.69, 9.17) is 37.4 Å². The number of hydrazone groups is 1. The zero-order chi connectivity index (χ0) is 25.2. The lowest BCUT2D eigenvalue weighted by Crippen LogP contribution is -2.25. The van der Waals surface area contributed by atoms with Crippen molar-refractivity contribution in [2.75, 3.05) is 13.7 Å². The Morgan fingerprint density at radius 3 is 2.71 bits per heavy atom. The van der Waals surface area contributed by atoms with Gasteiger partial charge < -0.3 is 14.2 Å². The summed E-state index contributed by atoms with van der Waals surface area (Å²) in [7, 11) is 1.53. The highest BCUT2D eigenvalue weighted by Gasteiger charge is 2.14. The number of nitriles is 1. The summed E-state index contributed by atoms with van der Waals surface area (Å²) in [5.74, 6) is 0.173. The van der Waals surface area contributed by atoms with Crippen molar-refractivity contribution in [3.8, 4) is 17.7 Å². The van der Waals surface area contributed by atoms with Gasteiger partial charge >= 0.3 is 0 Å². The number of nitrogens with zero attached hydrogens (tertiary/aromatic N) is 3. The third kappa shape index (κ3) is 7.69. The van der Waals surface area contributed by atoms with Crippen LogP contribution >= 0.6 is 23.2 Å². The number of halogens is 2. The summed E-state index contributed by atoms with van der Waals surface area (Å²) in [4.78, 5) is 16.4. The molecule has 8 nitrogen and oxygen atoms in total. The third-order valence-corrected chi connectivity index (χ3v) is 5.20. The molecule has 35 heavy (non-hydrogen) atoms. The molecule has 1 N–H and O–H groups in total. The molecule has 0 atom stereocenters. The summed E-state index contributed by atoms with van der Waals surface area (Å²) in [6.07, 6.45) is 1.47. The van der Waals surface area contributed by atoms with Crippen LogP contribution in [-0.4, -0.2) is 30.8 Å². The van der Waals surface area contributed by atoms with Crippen LogP contribution in [0.4, 0.5) is 0 Å². The molecule has 0 unspecified atom stereocenters. The van der Waals surface area contributed by atoms with Crippen LogP contribution in [0, 0.1) is 18.3 Å². The molecule has 3 aromatic rings. The molecular formula is C25H22Cl2N4O4. The van der Waals surface area contributed by atoms with Crippen molar-refractivity contribution in [2.45, 2.75) is 20.1 Å². The Morgan fingerprint density at radius 2 is 1.97 bits per heavy atom. The minimum Gasteiger partial charge on any atom is -0.489 e. The van der Waals surface area contributed by atoms with Crippen LogP contribution in [0.2, 0.25) is 10.0 Å². The smallest absolute Gasteiger partial charge is 0.278 e. The first-order valence-corrected chi connectivity index (χ1v) is 11.2. The van der Waals surface area contributed by atoms with Crippen molar-refractivity contribution in [3.63, 3.8) is 0 Å². The van der Waals surface area contributed by atoms with E-state index in [1.165, 1.54) is 13.3 Å². The Kier molecular flexibility index (Phi) is 9.44. The predicted molar refractivity (Wildman–Crippen MR) is 133 cm³/mol. The first kappa shape index (κ1) is 26.0. The van der Waals surface area contributed by atoms with Crippen molar-refractivity contribution < 1.29 is 19.0 Å². The number of pyridine rings is 1. The van der Waals surface area contributed by atoms with Crippen molar-refractivity contribution >= 4 is 35.3 Å². The molecule has 10 heteroatoms. The second kappa shape index (κ2) is 12.7. The summed E-state index contributed by atoms with van der Waals surface area (Å²) in [5.41, 5.74) is 5.40. The van der Waals surface area contributed by atoms with Crippen LogP contribution in [0.15, 0.2) is 53.6 Å². The molecule has 0 saturated heterocycles. The van der Waals surface area contributed by atoms with E-state index in [0.29, 0.717) is 32.6 Å². The maximum atomic E-state index is 12.2.